The molecule has 1 aliphatic rings. The van der Waals surface area contributed by atoms with Gasteiger partial charge in [-0.2, -0.15) is 6.92 Å². The molecule has 1 aliphatic heterocycles. The molecule has 0 aliphatic carbocycles. The molecule has 0 atom stereocenters. The summed E-state index contributed by atoms with van der Waals surface area (Å²) in [6.07, 6.45) is 0. The van der Waals surface area contributed by atoms with E-state index in [1.807, 2.05) is 0 Å². The third-order valence-electron chi connectivity index (χ3n) is 1.20. The molecule has 0 unspecified atom stereocenters. The van der Waals surface area contributed by atoms with E-state index in [0.29, 0.717) is 0 Å². The first-order valence-electron chi connectivity index (χ1n) is 2.86. The van der Waals surface area contributed by atoms with Crippen LogP contribution in [0.25, 0.3) is 0 Å². The molecule has 0 aromatic rings. The number of hydrogen-bond acceptors (Lipinski definition) is 2. The molecule has 0 bridgehead atoms. The smallest absolute Gasteiger partial charge is 0.0928 e. The maximum atomic E-state index is 5.18. The predicted octanol–water partition coefficient (Wildman–Crippen LogP) is 0.951. The number of rotatable bonds is 0. The second-order valence-electron chi connectivity index (χ2n) is 2.45. The first-order chi connectivity index (χ1) is 3.79. The van der Waals surface area contributed by atoms with Crippen molar-refractivity contribution in [3.8, 4) is 0 Å². The summed E-state index contributed by atoms with van der Waals surface area (Å²) >= 11 is 0. The van der Waals surface area contributed by atoms with Crippen LogP contribution in [-0.4, -0.2) is 31.8 Å². The topological polar surface area (TPSA) is 12.5 Å². The zero-order valence-corrected chi connectivity index (χ0v) is 8.89. The Morgan fingerprint density at radius 1 is 1.50 bits per heavy atom. The van der Waals surface area contributed by atoms with E-state index in [4.69, 9.17) is 4.74 Å². The van der Waals surface area contributed by atoms with Gasteiger partial charge < -0.3 is 17.1 Å². The first-order valence-corrected chi connectivity index (χ1v) is 2.86. The van der Waals surface area contributed by atoms with Crippen LogP contribution in [0.15, 0.2) is 0 Å². The standard InChI is InChI=1S/C6H12NO.CH3.Lr/c1-6-3-7(2)5-8-4-6;;/h3-5H2,1-2H3;1H3;/q2*-1;. The quantitative estimate of drug-likeness (QED) is 0.571. The summed E-state index contributed by atoms with van der Waals surface area (Å²) < 4.78 is 5.18. The van der Waals surface area contributed by atoms with Crippen LogP contribution in [0.2, 0.25) is 0 Å². The van der Waals surface area contributed by atoms with E-state index < -0.39 is 0 Å². The Bertz CT molecular complexity index is 72.0. The molecule has 0 aromatic carbocycles. The summed E-state index contributed by atoms with van der Waals surface area (Å²) in [6.45, 7) is 4.86. The van der Waals surface area contributed by atoms with Crippen molar-refractivity contribution in [3.63, 3.8) is 0 Å². The second kappa shape index (κ2) is 4.77. The van der Waals surface area contributed by atoms with Gasteiger partial charge >= 0.3 is 0 Å². The average molecular weight is 391 g/mol. The van der Waals surface area contributed by atoms with Crippen LogP contribution in [0.5, 0.6) is 0 Å². The molecule has 1 fully saturated rings. The summed E-state index contributed by atoms with van der Waals surface area (Å²) in [5.74, 6) is 1.42. The molecule has 1 saturated heterocycles. The van der Waals surface area contributed by atoms with Gasteiger partial charge in [0.1, 0.15) is 0 Å². The van der Waals surface area contributed by atoms with Gasteiger partial charge in [-0.05, 0) is 7.05 Å². The van der Waals surface area contributed by atoms with Crippen LogP contribution < -0.4 is 0 Å². The molecule has 0 aromatic heterocycles. The Morgan fingerprint density at radius 2 is 2.10 bits per heavy atom. The minimum Gasteiger partial charge on any atom is -0.398 e. The molecule has 71 valence electrons. The Hall–Kier alpha value is -1.08. The van der Waals surface area contributed by atoms with Crippen molar-refractivity contribution in [2.24, 2.45) is 0 Å². The van der Waals surface area contributed by atoms with E-state index in [-0.39, 0.29) is 7.43 Å². The molecule has 2 nitrogen and oxygen atoms in total. The minimum absolute atomic E-state index is 0. The van der Waals surface area contributed by atoms with E-state index in [1.54, 1.807) is 0 Å². The van der Waals surface area contributed by atoms with Crippen LogP contribution in [0.3, 0.4) is 0 Å². The second-order valence-corrected chi connectivity index (χ2v) is 2.45. The monoisotopic (exact) mass is 391 g/mol. The number of hydrogen-bond donors (Lipinski definition) is 0. The number of nitrogens with zero attached hydrogens (tertiary/aromatic N) is 1. The zero-order chi connectivity index (χ0) is 5.98. The van der Waals surface area contributed by atoms with Crippen LogP contribution >= 0.6 is 0 Å². The van der Waals surface area contributed by atoms with Gasteiger partial charge in [-0.1, -0.05) is 6.61 Å². The van der Waals surface area contributed by atoms with Gasteiger partial charge in [0, 0.05) is 0 Å². The van der Waals surface area contributed by atoms with Gasteiger partial charge in [0.05, 0.1) is 6.73 Å². The minimum atomic E-state index is 0. The third kappa shape index (κ3) is 3.05. The Kier molecular flexibility index (Phi) is 5.57. The van der Waals surface area contributed by atoms with Crippen LogP contribution in [0.1, 0.15) is 6.92 Å². The van der Waals surface area contributed by atoms with E-state index in [2.05, 4.69) is 18.9 Å². The fraction of sp³-hybridized carbons (Fsp3) is 0.714. The molecule has 3 heteroatoms. The van der Waals surface area contributed by atoms with Crippen LogP contribution in [0, 0.1) is 13.3 Å². The maximum Gasteiger partial charge on any atom is 0.0928 e. The summed E-state index contributed by atoms with van der Waals surface area (Å²) in [5, 5.41) is 0. The van der Waals surface area contributed by atoms with Crippen molar-refractivity contribution in [2.75, 3.05) is 26.9 Å². The fourth-order valence-corrected chi connectivity index (χ4v) is 0.928. The Balaban J connectivity index is 0. The van der Waals surface area contributed by atoms with Gasteiger partial charge in [0.2, 0.25) is 0 Å². The predicted molar refractivity (Wildman–Crippen MR) is 38.8 cm³/mol. The van der Waals surface area contributed by atoms with E-state index >= 15 is 0 Å². The molecule has 1 rings (SSSR count). The van der Waals surface area contributed by atoms with Crippen molar-refractivity contribution in [1.82, 2.24) is 4.90 Å². The molecule has 10 heavy (non-hydrogen) atoms. The van der Waals surface area contributed by atoms with Gasteiger partial charge in [0.25, 0.3) is 0 Å². The summed E-state index contributed by atoms with van der Waals surface area (Å²) in [5.41, 5.74) is 0. The van der Waals surface area contributed by atoms with Crippen molar-refractivity contribution in [3.05, 3.63) is 13.3 Å². The fourth-order valence-electron chi connectivity index (χ4n) is 0.928. The molecular formula is C7H15LrNO-2. The average Bonchev–Trinajstić information content (AvgIpc) is 1.64. The molecule has 1 radical (unpaired) electrons. The molecule has 0 saturated carbocycles. The van der Waals surface area contributed by atoms with Crippen molar-refractivity contribution in [1.29, 1.82) is 0 Å². The summed E-state index contributed by atoms with van der Waals surface area (Å²) in [6, 6.07) is 0. The van der Waals surface area contributed by atoms with Gasteiger partial charge in [-0.25, -0.2) is 0 Å². The third-order valence-corrected chi connectivity index (χ3v) is 1.20. The normalized spacial score (nSPS) is 21.0. The molecule has 0 spiro atoms. The number of ether oxygens (including phenoxy) is 1. The van der Waals surface area contributed by atoms with Crippen molar-refractivity contribution in [2.45, 2.75) is 6.92 Å². The molecule has 0 N–H and O–H groups in total. The van der Waals surface area contributed by atoms with Crippen molar-refractivity contribution >= 4 is 0 Å². The maximum absolute atomic E-state index is 5.18. The van der Waals surface area contributed by atoms with Gasteiger partial charge in [-0.15, -0.1) is 6.54 Å². The van der Waals surface area contributed by atoms with Gasteiger partial charge in [0.15, 0.2) is 0 Å². The Morgan fingerprint density at radius 3 is 2.40 bits per heavy atom. The first kappa shape index (κ1) is 11.7. The van der Waals surface area contributed by atoms with E-state index in [9.17, 15) is 0 Å². The van der Waals surface area contributed by atoms with Crippen LogP contribution in [-0.2, 0) is 4.74 Å². The summed E-state index contributed by atoms with van der Waals surface area (Å²) in [4.78, 5) is 2.15. The Labute approximate surface area is 57.8 Å². The van der Waals surface area contributed by atoms with E-state index in [1.165, 1.54) is 5.92 Å². The summed E-state index contributed by atoms with van der Waals surface area (Å²) in [7, 11) is 2.06. The molecule has 0 amide bonds. The SMILES string of the molecule is C[C-]1COCN(C)C1.[CH3-].[Lr]. The van der Waals surface area contributed by atoms with E-state index in [0.717, 1.165) is 19.9 Å². The molecular weight excluding hydrogens is 376 g/mol. The largest absolute Gasteiger partial charge is 0.398 e. The van der Waals surface area contributed by atoms with Crippen LogP contribution in [0.4, 0.5) is 0 Å². The molecule has 1 heterocycles. The van der Waals surface area contributed by atoms with Gasteiger partial charge in [-0.3, -0.25) is 5.92 Å². The van der Waals surface area contributed by atoms with Crippen molar-refractivity contribution < 1.29 is 4.74 Å². The zero-order valence-electron chi connectivity index (χ0n) is 6.73.